The molecule has 1 aliphatic rings. The van der Waals surface area contributed by atoms with Crippen molar-refractivity contribution in [3.05, 3.63) is 48.0 Å². The minimum atomic E-state index is 0. The number of benzene rings is 1. The van der Waals surface area contributed by atoms with Crippen LogP contribution in [0.5, 0.6) is 0 Å². The van der Waals surface area contributed by atoms with Crippen molar-refractivity contribution in [1.29, 1.82) is 0 Å². The summed E-state index contributed by atoms with van der Waals surface area (Å²) in [4.78, 5) is 4.75. The van der Waals surface area contributed by atoms with E-state index in [9.17, 15) is 0 Å². The first-order valence-corrected chi connectivity index (χ1v) is 7.41. The van der Waals surface area contributed by atoms with Gasteiger partial charge in [0.2, 0.25) is 0 Å². The molecule has 1 aromatic carbocycles. The first-order valence-electron chi connectivity index (χ1n) is 7.41. The molecule has 0 spiro atoms. The first kappa shape index (κ1) is 18.0. The molecule has 0 unspecified atom stereocenters. The monoisotopic (exact) mass is 399 g/mol. The van der Waals surface area contributed by atoms with Gasteiger partial charge in [0.05, 0.1) is 6.54 Å². The molecule has 1 aromatic rings. The minimum absolute atomic E-state index is 0. The lowest BCUT2D eigenvalue weighted by Gasteiger charge is -2.17. The van der Waals surface area contributed by atoms with Gasteiger partial charge in [-0.3, -0.25) is 4.99 Å². The van der Waals surface area contributed by atoms with Crippen molar-refractivity contribution in [2.75, 3.05) is 19.6 Å². The summed E-state index contributed by atoms with van der Waals surface area (Å²) >= 11 is 0. The van der Waals surface area contributed by atoms with Gasteiger partial charge in [-0.05, 0) is 37.8 Å². The van der Waals surface area contributed by atoms with Gasteiger partial charge in [0, 0.05) is 18.5 Å². The first-order chi connectivity index (χ1) is 9.72. The van der Waals surface area contributed by atoms with Gasteiger partial charge in [0.25, 0.3) is 0 Å². The summed E-state index contributed by atoms with van der Waals surface area (Å²) in [6, 6.07) is 8.68. The van der Waals surface area contributed by atoms with Crippen LogP contribution in [0.25, 0.3) is 0 Å². The molecule has 21 heavy (non-hydrogen) atoms. The topological polar surface area (TPSA) is 36.4 Å². The summed E-state index contributed by atoms with van der Waals surface area (Å²) in [5, 5.41) is 6.53. The zero-order valence-corrected chi connectivity index (χ0v) is 15.3. The van der Waals surface area contributed by atoms with Crippen LogP contribution in [0.4, 0.5) is 0 Å². The Balaban J connectivity index is 0.00000220. The second kappa shape index (κ2) is 8.41. The summed E-state index contributed by atoms with van der Waals surface area (Å²) in [5.74, 6) is 0.882. The molecule has 1 saturated carbocycles. The largest absolute Gasteiger partial charge is 0.357 e. The summed E-state index contributed by atoms with van der Waals surface area (Å²) in [5.41, 5.74) is 3.11. The lowest BCUT2D eigenvalue weighted by molar-refractivity contribution is 0.691. The van der Waals surface area contributed by atoms with Gasteiger partial charge in [0.1, 0.15) is 0 Å². The Kier molecular flexibility index (Phi) is 7.22. The number of rotatable bonds is 6. The second-order valence-electron chi connectivity index (χ2n) is 5.46. The number of halogens is 1. The highest BCUT2D eigenvalue weighted by atomic mass is 127. The number of hydrogen-bond acceptors (Lipinski definition) is 1. The van der Waals surface area contributed by atoms with Gasteiger partial charge in [-0.15, -0.1) is 30.6 Å². The molecule has 1 fully saturated rings. The van der Waals surface area contributed by atoms with E-state index in [2.05, 4.69) is 55.3 Å². The van der Waals surface area contributed by atoms with Crippen molar-refractivity contribution in [3.63, 3.8) is 0 Å². The van der Waals surface area contributed by atoms with Gasteiger partial charge in [-0.1, -0.05) is 30.3 Å². The minimum Gasteiger partial charge on any atom is -0.357 e. The maximum Gasteiger partial charge on any atom is 0.191 e. The molecule has 0 bridgehead atoms. The molecule has 2 N–H and O–H groups in total. The van der Waals surface area contributed by atoms with E-state index in [1.165, 1.54) is 24.0 Å². The van der Waals surface area contributed by atoms with Crippen LogP contribution in [0.15, 0.2) is 41.9 Å². The molecule has 116 valence electrons. The Bertz CT molecular complexity index is 493. The number of aliphatic imine (C=N–C) groups is 1. The molecule has 4 heteroatoms. The van der Waals surface area contributed by atoms with Crippen LogP contribution in [-0.4, -0.2) is 25.6 Å². The van der Waals surface area contributed by atoms with Crippen LogP contribution in [0.3, 0.4) is 0 Å². The van der Waals surface area contributed by atoms with E-state index >= 15 is 0 Å². The van der Waals surface area contributed by atoms with E-state index < -0.39 is 0 Å². The van der Waals surface area contributed by atoms with Crippen molar-refractivity contribution >= 4 is 29.9 Å². The summed E-state index contributed by atoms with van der Waals surface area (Å²) < 4.78 is 0. The van der Waals surface area contributed by atoms with Gasteiger partial charge in [-0.25, -0.2) is 0 Å². The van der Waals surface area contributed by atoms with Crippen molar-refractivity contribution in [2.45, 2.75) is 32.1 Å². The summed E-state index contributed by atoms with van der Waals surface area (Å²) in [7, 11) is 0. The smallest absolute Gasteiger partial charge is 0.191 e. The Morgan fingerprint density at radius 2 is 2.05 bits per heavy atom. The molecular formula is C17H26IN3. The molecule has 0 radical (unpaired) electrons. The summed E-state index contributed by atoms with van der Waals surface area (Å²) in [6.07, 6.45) is 4.32. The van der Waals surface area contributed by atoms with Gasteiger partial charge < -0.3 is 10.6 Å². The van der Waals surface area contributed by atoms with Gasteiger partial charge >= 0.3 is 0 Å². The average Bonchev–Trinajstić information content (AvgIpc) is 3.23. The SMILES string of the molecule is C=CCNC(=NCC1(c2ccccc2C)CC1)NCC.I. The number of hydrogen-bond donors (Lipinski definition) is 2. The number of aryl methyl sites for hydroxylation is 1. The van der Waals surface area contributed by atoms with Gasteiger partial charge in [0.15, 0.2) is 5.96 Å². The Morgan fingerprint density at radius 1 is 1.33 bits per heavy atom. The average molecular weight is 399 g/mol. The fraction of sp³-hybridized carbons (Fsp3) is 0.471. The molecule has 0 amide bonds. The van der Waals surface area contributed by atoms with Crippen LogP contribution in [0, 0.1) is 6.92 Å². The third kappa shape index (κ3) is 4.73. The second-order valence-corrected chi connectivity index (χ2v) is 5.46. The predicted molar refractivity (Wildman–Crippen MR) is 102 cm³/mol. The number of nitrogens with zero attached hydrogens (tertiary/aromatic N) is 1. The number of guanidine groups is 1. The molecular weight excluding hydrogens is 373 g/mol. The lowest BCUT2D eigenvalue weighted by atomic mass is 9.92. The molecule has 0 heterocycles. The fourth-order valence-electron chi connectivity index (χ4n) is 2.57. The fourth-order valence-corrected chi connectivity index (χ4v) is 2.57. The van der Waals surface area contributed by atoms with Crippen LogP contribution in [-0.2, 0) is 5.41 Å². The van der Waals surface area contributed by atoms with Crippen LogP contribution in [0.1, 0.15) is 30.9 Å². The van der Waals surface area contributed by atoms with E-state index in [1.54, 1.807) is 0 Å². The highest BCUT2D eigenvalue weighted by Gasteiger charge is 2.44. The van der Waals surface area contributed by atoms with Crippen molar-refractivity contribution in [1.82, 2.24) is 10.6 Å². The van der Waals surface area contributed by atoms with E-state index in [-0.39, 0.29) is 29.4 Å². The molecule has 2 rings (SSSR count). The zero-order chi connectivity index (χ0) is 14.4. The highest BCUT2D eigenvalue weighted by Crippen LogP contribution is 2.49. The zero-order valence-electron chi connectivity index (χ0n) is 13.0. The Labute approximate surface area is 145 Å². The normalized spacial score (nSPS) is 15.8. The maximum absolute atomic E-state index is 4.75. The van der Waals surface area contributed by atoms with E-state index in [0.717, 1.165) is 25.6 Å². The Morgan fingerprint density at radius 3 is 2.62 bits per heavy atom. The highest BCUT2D eigenvalue weighted by molar-refractivity contribution is 14.0. The Hall–Kier alpha value is -1.04. The molecule has 0 saturated heterocycles. The molecule has 0 atom stereocenters. The van der Waals surface area contributed by atoms with Gasteiger partial charge in [-0.2, -0.15) is 0 Å². The van der Waals surface area contributed by atoms with Crippen LogP contribution < -0.4 is 10.6 Å². The third-order valence-electron chi connectivity index (χ3n) is 3.87. The third-order valence-corrected chi connectivity index (χ3v) is 3.87. The standard InChI is InChI=1S/C17H25N3.HI/c1-4-12-19-16(18-5-2)20-13-17(10-11-17)15-9-7-6-8-14(15)3;/h4,6-9H,1,5,10-13H2,2-3H3,(H2,18,19,20);1H. The van der Waals surface area contributed by atoms with E-state index in [1.807, 2.05) is 6.08 Å². The quantitative estimate of drug-likeness (QED) is 0.333. The molecule has 0 aliphatic heterocycles. The molecule has 1 aliphatic carbocycles. The van der Waals surface area contributed by atoms with Crippen molar-refractivity contribution in [3.8, 4) is 0 Å². The van der Waals surface area contributed by atoms with Crippen molar-refractivity contribution in [2.24, 2.45) is 4.99 Å². The lowest BCUT2D eigenvalue weighted by Crippen LogP contribution is -2.38. The van der Waals surface area contributed by atoms with E-state index in [4.69, 9.17) is 4.99 Å². The summed E-state index contributed by atoms with van der Waals surface area (Å²) in [6.45, 7) is 10.5. The van der Waals surface area contributed by atoms with Crippen LogP contribution in [0.2, 0.25) is 0 Å². The van der Waals surface area contributed by atoms with Crippen molar-refractivity contribution < 1.29 is 0 Å². The predicted octanol–water partition coefficient (Wildman–Crippen LogP) is 3.39. The molecule has 0 aromatic heterocycles. The maximum atomic E-state index is 4.75. The molecule has 3 nitrogen and oxygen atoms in total. The van der Waals surface area contributed by atoms with Crippen LogP contribution >= 0.6 is 24.0 Å². The van der Waals surface area contributed by atoms with E-state index in [0.29, 0.717) is 0 Å². The number of nitrogens with one attached hydrogen (secondary N) is 2.